The molecule has 1 aromatic heterocycles. The number of ether oxygens (including phenoxy) is 5. The Labute approximate surface area is 309 Å². The minimum atomic E-state index is -0.480. The zero-order valence-electron chi connectivity index (χ0n) is 31.3. The van der Waals surface area contributed by atoms with Crippen LogP contribution in [0.5, 0.6) is 0 Å². The molecule has 53 heavy (non-hydrogen) atoms. The maximum atomic E-state index is 12.9. The van der Waals surface area contributed by atoms with Gasteiger partial charge < -0.3 is 28.7 Å². The van der Waals surface area contributed by atoms with Crippen LogP contribution in [0.4, 0.5) is 0 Å². The first-order chi connectivity index (χ1) is 25.4. The number of hydrogen-bond donors (Lipinski definition) is 1. The van der Waals surface area contributed by atoms with Gasteiger partial charge in [-0.05, 0) is 74.4 Å². The largest absolute Gasteiger partial charge is 0.469 e. The van der Waals surface area contributed by atoms with Crippen LogP contribution in [0.15, 0.2) is 93.6 Å². The third-order valence-corrected chi connectivity index (χ3v) is 10.0. The van der Waals surface area contributed by atoms with Gasteiger partial charge in [-0.15, -0.1) is 0 Å². The molecule has 278 valence electrons. The monoisotopic (exact) mass is 722 g/mol. The van der Waals surface area contributed by atoms with Crippen LogP contribution in [0.25, 0.3) is 12.2 Å². The van der Waals surface area contributed by atoms with Gasteiger partial charge in [0, 0.05) is 42.0 Å². The maximum absolute atomic E-state index is 12.9. The lowest BCUT2D eigenvalue weighted by Crippen LogP contribution is -2.26. The van der Waals surface area contributed by atoms with E-state index in [-0.39, 0.29) is 42.8 Å². The minimum Gasteiger partial charge on any atom is -0.469 e. The second kappa shape index (κ2) is 16.9. The lowest BCUT2D eigenvalue weighted by atomic mass is 9.89. The van der Waals surface area contributed by atoms with Gasteiger partial charge in [-0.2, -0.15) is 0 Å². The summed E-state index contributed by atoms with van der Waals surface area (Å²) >= 11 is 0. The van der Waals surface area contributed by atoms with Crippen LogP contribution in [-0.4, -0.2) is 54.9 Å². The summed E-state index contributed by atoms with van der Waals surface area (Å²) in [5, 5.41) is 0. The number of carbonyl (C=O) groups excluding carboxylic acids is 4. The molecule has 1 aromatic carbocycles. The van der Waals surface area contributed by atoms with Crippen molar-refractivity contribution in [2.45, 2.75) is 73.0 Å². The third kappa shape index (κ3) is 8.58. The molecule has 3 aliphatic rings. The summed E-state index contributed by atoms with van der Waals surface area (Å²) < 4.78 is 27.5. The molecule has 0 amide bonds. The summed E-state index contributed by atoms with van der Waals surface area (Å²) in [5.41, 5.74) is 7.95. The van der Waals surface area contributed by atoms with Crippen LogP contribution in [0, 0.1) is 18.8 Å². The van der Waals surface area contributed by atoms with Gasteiger partial charge in [-0.25, -0.2) is 9.79 Å². The molecular formula is C42H46N2O9. The molecular weight excluding hydrogens is 676 g/mol. The van der Waals surface area contributed by atoms with Gasteiger partial charge in [-0.3, -0.25) is 14.4 Å². The molecule has 0 aliphatic carbocycles. The number of esters is 4. The zero-order valence-corrected chi connectivity index (χ0v) is 31.3. The smallest absolute Gasteiger partial charge is 0.343 e. The van der Waals surface area contributed by atoms with Gasteiger partial charge >= 0.3 is 23.9 Å². The van der Waals surface area contributed by atoms with Crippen molar-refractivity contribution in [3.63, 3.8) is 0 Å². The van der Waals surface area contributed by atoms with Crippen LogP contribution in [0.3, 0.4) is 0 Å². The predicted octanol–water partition coefficient (Wildman–Crippen LogP) is 7.19. The fourth-order valence-corrected chi connectivity index (χ4v) is 6.76. The highest BCUT2D eigenvalue weighted by Crippen LogP contribution is 2.39. The Morgan fingerprint density at radius 1 is 0.943 bits per heavy atom. The molecule has 0 saturated carbocycles. The van der Waals surface area contributed by atoms with Crippen molar-refractivity contribution in [1.29, 1.82) is 0 Å². The zero-order chi connectivity index (χ0) is 38.4. The number of rotatable bonds is 14. The number of allylic oxidation sites excluding steroid dienone is 4. The van der Waals surface area contributed by atoms with Gasteiger partial charge in [0.15, 0.2) is 0 Å². The molecule has 0 unspecified atom stereocenters. The number of aliphatic imine (C=N–C) groups is 1. The van der Waals surface area contributed by atoms with E-state index in [1.807, 2.05) is 70.2 Å². The van der Waals surface area contributed by atoms with E-state index in [2.05, 4.69) is 11.6 Å². The summed E-state index contributed by atoms with van der Waals surface area (Å²) in [6.07, 6.45) is 7.53. The number of H-pyrrole nitrogens is 1. The molecule has 0 radical (unpaired) electrons. The average Bonchev–Trinajstić information content (AvgIpc) is 3.80. The topological polar surface area (TPSA) is 143 Å². The highest BCUT2D eigenvalue weighted by Gasteiger charge is 2.42. The standard InChI is InChI=1S/C42H46N2O9/c1-9-29-25(4)36(52-42(29)48)20-32-23(2)30(15-17-38(45)49-7)34(43-32)19-35-31(16-18-39(46)50-8)24(3)33(44-35)21-37-40(26(5)41(47)53-37)27(6)51-22-28-13-11-10-12-14-28/h9-14,19-21,26-27,40,44H,1,15-18,22H2,2-8H3/b34-19-,36-20-,37-21-/t26-,27+,40+/m1/s1. The van der Waals surface area contributed by atoms with Crippen LogP contribution < -0.4 is 0 Å². The summed E-state index contributed by atoms with van der Waals surface area (Å²) in [5.74, 6) is -1.43. The predicted molar refractivity (Wildman–Crippen MR) is 200 cm³/mol. The number of hydrogen-bond acceptors (Lipinski definition) is 10. The van der Waals surface area contributed by atoms with Crippen molar-refractivity contribution in [2.24, 2.45) is 16.8 Å². The van der Waals surface area contributed by atoms with Crippen molar-refractivity contribution in [3.8, 4) is 0 Å². The van der Waals surface area contributed by atoms with Crippen LogP contribution in [0.1, 0.15) is 75.0 Å². The van der Waals surface area contributed by atoms with E-state index in [9.17, 15) is 19.2 Å². The second-order valence-corrected chi connectivity index (χ2v) is 13.3. The Hall–Kier alpha value is -5.55. The van der Waals surface area contributed by atoms with Crippen molar-refractivity contribution < 1.29 is 42.9 Å². The molecule has 0 spiro atoms. The molecule has 11 heteroatoms. The minimum absolute atomic E-state index is 0.125. The van der Waals surface area contributed by atoms with Crippen LogP contribution in [0.2, 0.25) is 0 Å². The SMILES string of the molecule is C=CC1=C(C)/C(=C/C2=NC(=C\c3[nH]c(/C=C4\OC(=O)[C@H](C)[C@H]4[C@H](C)OCc4ccccc4)c(C)c3CCC(=O)OC)/C(CCC(=O)OC)=C2C)OC1=O. The van der Waals surface area contributed by atoms with Crippen molar-refractivity contribution in [3.05, 3.63) is 117 Å². The molecule has 3 atom stereocenters. The Balaban J connectivity index is 1.56. The Bertz CT molecular complexity index is 2010. The summed E-state index contributed by atoms with van der Waals surface area (Å²) in [6.45, 7) is 13.5. The molecule has 3 aliphatic heterocycles. The van der Waals surface area contributed by atoms with E-state index in [4.69, 9.17) is 28.7 Å². The normalized spacial score (nSPS) is 21.4. The fraction of sp³-hybridized carbons (Fsp3) is 0.357. The average molecular weight is 723 g/mol. The summed E-state index contributed by atoms with van der Waals surface area (Å²) in [7, 11) is 2.69. The maximum Gasteiger partial charge on any atom is 0.343 e. The number of cyclic esters (lactones) is 2. The second-order valence-electron chi connectivity index (χ2n) is 13.3. The van der Waals surface area contributed by atoms with Gasteiger partial charge in [0.05, 0.1) is 55.7 Å². The van der Waals surface area contributed by atoms with Gasteiger partial charge in [-0.1, -0.05) is 49.9 Å². The molecule has 11 nitrogen and oxygen atoms in total. The Morgan fingerprint density at radius 3 is 2.26 bits per heavy atom. The molecule has 1 fully saturated rings. The lowest BCUT2D eigenvalue weighted by molar-refractivity contribution is -0.141. The van der Waals surface area contributed by atoms with Gasteiger partial charge in [0.1, 0.15) is 11.5 Å². The number of aromatic nitrogens is 1. The van der Waals surface area contributed by atoms with E-state index in [0.29, 0.717) is 64.9 Å². The third-order valence-electron chi connectivity index (χ3n) is 10.0. The van der Waals surface area contributed by atoms with E-state index in [1.165, 1.54) is 20.3 Å². The Morgan fingerprint density at radius 2 is 1.62 bits per heavy atom. The number of aromatic amines is 1. The highest BCUT2D eigenvalue weighted by molar-refractivity contribution is 6.13. The molecule has 1 saturated heterocycles. The first kappa shape index (κ1) is 38.7. The van der Waals surface area contributed by atoms with E-state index >= 15 is 0 Å². The first-order valence-corrected chi connectivity index (χ1v) is 17.6. The van der Waals surface area contributed by atoms with Gasteiger partial charge in [0.25, 0.3) is 0 Å². The highest BCUT2D eigenvalue weighted by atomic mass is 16.6. The van der Waals surface area contributed by atoms with E-state index in [1.54, 1.807) is 13.0 Å². The molecule has 1 N–H and O–H groups in total. The van der Waals surface area contributed by atoms with Crippen molar-refractivity contribution in [2.75, 3.05) is 14.2 Å². The van der Waals surface area contributed by atoms with E-state index in [0.717, 1.165) is 27.8 Å². The quantitative estimate of drug-likeness (QED) is 0.158. The summed E-state index contributed by atoms with van der Waals surface area (Å²) in [6, 6.07) is 9.83. The molecule has 4 heterocycles. The molecule has 5 rings (SSSR count). The van der Waals surface area contributed by atoms with Crippen LogP contribution >= 0.6 is 0 Å². The van der Waals surface area contributed by atoms with Crippen molar-refractivity contribution in [1.82, 2.24) is 4.98 Å². The fourth-order valence-electron chi connectivity index (χ4n) is 6.76. The van der Waals surface area contributed by atoms with E-state index < -0.39 is 11.9 Å². The number of nitrogens with one attached hydrogen (secondary N) is 1. The molecule has 0 bridgehead atoms. The Kier molecular flexibility index (Phi) is 12.3. The number of nitrogens with zero attached hydrogens (tertiary/aromatic N) is 1. The van der Waals surface area contributed by atoms with Gasteiger partial charge in [0.2, 0.25) is 0 Å². The van der Waals surface area contributed by atoms with Crippen molar-refractivity contribution >= 4 is 41.7 Å². The number of carbonyl (C=O) groups is 4. The summed E-state index contributed by atoms with van der Waals surface area (Å²) in [4.78, 5) is 58.3. The van der Waals surface area contributed by atoms with Crippen LogP contribution in [-0.2, 0) is 55.9 Å². The number of benzene rings is 1. The first-order valence-electron chi connectivity index (χ1n) is 17.6. The number of methoxy groups -OCH3 is 2. The lowest BCUT2D eigenvalue weighted by Gasteiger charge is -2.22. The molecule has 2 aromatic rings.